The van der Waals surface area contributed by atoms with Gasteiger partial charge < -0.3 is 4.42 Å². The minimum atomic E-state index is -0.246. The molecule has 0 aliphatic heterocycles. The largest absolute Gasteiger partial charge is 0.459 e. The zero-order valence-electron chi connectivity index (χ0n) is 11.4. The molecule has 3 N–H and O–H groups in total. The van der Waals surface area contributed by atoms with Crippen molar-refractivity contribution >= 4 is 38.5 Å². The molecule has 2 aromatic carbocycles. The van der Waals surface area contributed by atoms with Crippen molar-refractivity contribution in [2.75, 3.05) is 0 Å². The molecule has 0 spiro atoms. The predicted octanol–water partition coefficient (Wildman–Crippen LogP) is 4.71. The molecule has 21 heavy (non-hydrogen) atoms. The molecule has 0 amide bonds. The number of rotatable bonds is 3. The third kappa shape index (κ3) is 2.85. The SMILES string of the molecule is Cc1ccc2oc(C(NN)c3ccc(Cl)cc3Br)cc2c1. The molecule has 0 radical (unpaired) electrons. The molecule has 0 aliphatic rings. The van der Waals surface area contributed by atoms with Crippen LogP contribution in [0.4, 0.5) is 0 Å². The minimum Gasteiger partial charge on any atom is -0.459 e. The van der Waals surface area contributed by atoms with E-state index in [1.54, 1.807) is 0 Å². The van der Waals surface area contributed by atoms with Crippen LogP contribution in [0.15, 0.2) is 51.4 Å². The monoisotopic (exact) mass is 364 g/mol. The molecule has 3 rings (SSSR count). The van der Waals surface area contributed by atoms with E-state index in [0.29, 0.717) is 5.02 Å². The summed E-state index contributed by atoms with van der Waals surface area (Å²) in [5, 5.41) is 1.73. The maximum Gasteiger partial charge on any atom is 0.134 e. The fourth-order valence-corrected chi connectivity index (χ4v) is 3.30. The molecular weight excluding hydrogens is 352 g/mol. The first-order chi connectivity index (χ1) is 10.1. The quantitative estimate of drug-likeness (QED) is 0.522. The topological polar surface area (TPSA) is 51.2 Å². The molecule has 3 aromatic rings. The molecule has 108 valence electrons. The van der Waals surface area contributed by atoms with E-state index in [-0.39, 0.29) is 6.04 Å². The van der Waals surface area contributed by atoms with Crippen LogP contribution in [0.2, 0.25) is 5.02 Å². The normalized spacial score (nSPS) is 12.8. The summed E-state index contributed by atoms with van der Waals surface area (Å²) in [5.41, 5.74) is 5.82. The summed E-state index contributed by atoms with van der Waals surface area (Å²) in [6.07, 6.45) is 0. The first-order valence-corrected chi connectivity index (χ1v) is 7.67. The summed E-state index contributed by atoms with van der Waals surface area (Å²) in [6.45, 7) is 2.06. The molecule has 1 heterocycles. The molecule has 1 unspecified atom stereocenters. The third-order valence-corrected chi connectivity index (χ3v) is 4.34. The van der Waals surface area contributed by atoms with Crippen molar-refractivity contribution < 1.29 is 4.42 Å². The molecule has 0 bridgehead atoms. The van der Waals surface area contributed by atoms with Crippen molar-refractivity contribution in [3.8, 4) is 0 Å². The van der Waals surface area contributed by atoms with E-state index < -0.39 is 0 Å². The number of fused-ring (bicyclic) bond motifs is 1. The molecule has 1 aromatic heterocycles. The smallest absolute Gasteiger partial charge is 0.134 e. The number of nitrogens with two attached hydrogens (primary N) is 1. The van der Waals surface area contributed by atoms with Crippen LogP contribution in [0.3, 0.4) is 0 Å². The third-order valence-electron chi connectivity index (χ3n) is 3.42. The lowest BCUT2D eigenvalue weighted by molar-refractivity contribution is 0.476. The number of hydrogen-bond donors (Lipinski definition) is 2. The number of halogens is 2. The first-order valence-electron chi connectivity index (χ1n) is 6.49. The highest BCUT2D eigenvalue weighted by Crippen LogP contribution is 2.33. The summed E-state index contributed by atoms with van der Waals surface area (Å²) in [4.78, 5) is 0. The molecule has 3 nitrogen and oxygen atoms in total. The fourth-order valence-electron chi connectivity index (χ4n) is 2.39. The number of hydrazine groups is 1. The van der Waals surface area contributed by atoms with E-state index in [2.05, 4.69) is 34.3 Å². The second-order valence-corrected chi connectivity index (χ2v) is 6.25. The Bertz CT molecular complexity index is 800. The second-order valence-electron chi connectivity index (χ2n) is 4.96. The van der Waals surface area contributed by atoms with Gasteiger partial charge in [0, 0.05) is 14.9 Å². The summed E-state index contributed by atoms with van der Waals surface area (Å²) in [7, 11) is 0. The average molecular weight is 366 g/mol. The Balaban J connectivity index is 2.09. The van der Waals surface area contributed by atoms with E-state index in [1.807, 2.05) is 36.4 Å². The van der Waals surface area contributed by atoms with Gasteiger partial charge in [-0.2, -0.15) is 0 Å². The van der Waals surface area contributed by atoms with Crippen LogP contribution in [-0.2, 0) is 0 Å². The van der Waals surface area contributed by atoms with Gasteiger partial charge in [-0.3, -0.25) is 5.84 Å². The number of nitrogens with one attached hydrogen (secondary N) is 1. The van der Waals surface area contributed by atoms with Crippen LogP contribution < -0.4 is 11.3 Å². The second kappa shape index (κ2) is 5.81. The molecule has 0 saturated carbocycles. The van der Waals surface area contributed by atoms with Crippen molar-refractivity contribution in [2.24, 2.45) is 5.84 Å². The van der Waals surface area contributed by atoms with Gasteiger partial charge in [-0.1, -0.05) is 45.2 Å². The molecule has 0 aliphatic carbocycles. The average Bonchev–Trinajstić information content (AvgIpc) is 2.84. The maximum absolute atomic E-state index is 5.99. The van der Waals surface area contributed by atoms with Gasteiger partial charge in [0.15, 0.2) is 0 Å². The first kappa shape index (κ1) is 14.6. The van der Waals surface area contributed by atoms with Crippen LogP contribution in [0.25, 0.3) is 11.0 Å². The summed E-state index contributed by atoms with van der Waals surface area (Å²) in [5.74, 6) is 6.50. The van der Waals surface area contributed by atoms with Crippen molar-refractivity contribution in [3.63, 3.8) is 0 Å². The van der Waals surface area contributed by atoms with Gasteiger partial charge in [0.25, 0.3) is 0 Å². The van der Waals surface area contributed by atoms with Gasteiger partial charge in [0.2, 0.25) is 0 Å². The van der Waals surface area contributed by atoms with Crippen molar-refractivity contribution in [2.45, 2.75) is 13.0 Å². The van der Waals surface area contributed by atoms with E-state index in [0.717, 1.165) is 26.8 Å². The van der Waals surface area contributed by atoms with Crippen molar-refractivity contribution in [1.82, 2.24) is 5.43 Å². The predicted molar refractivity (Wildman–Crippen MR) is 89.3 cm³/mol. The maximum atomic E-state index is 5.99. The lowest BCUT2D eigenvalue weighted by atomic mass is 10.0. The molecule has 5 heteroatoms. The zero-order valence-corrected chi connectivity index (χ0v) is 13.7. The van der Waals surface area contributed by atoms with Gasteiger partial charge in [-0.15, -0.1) is 0 Å². The summed E-state index contributed by atoms with van der Waals surface area (Å²) >= 11 is 9.51. The highest BCUT2D eigenvalue weighted by Gasteiger charge is 2.19. The van der Waals surface area contributed by atoms with Gasteiger partial charge >= 0.3 is 0 Å². The highest BCUT2D eigenvalue weighted by atomic mass is 79.9. The summed E-state index contributed by atoms with van der Waals surface area (Å²) < 4.78 is 6.80. The summed E-state index contributed by atoms with van der Waals surface area (Å²) in [6, 6.07) is 13.4. The number of furan rings is 1. The molecular formula is C16H14BrClN2O. The van der Waals surface area contributed by atoms with Gasteiger partial charge in [-0.05, 0) is 42.8 Å². The lowest BCUT2D eigenvalue weighted by Crippen LogP contribution is -2.28. The Morgan fingerprint density at radius 3 is 2.71 bits per heavy atom. The standard InChI is InChI=1S/C16H14BrClN2O/c1-9-2-5-14-10(6-9)7-15(21-14)16(20-19)12-4-3-11(18)8-13(12)17/h2-8,16,20H,19H2,1H3. The number of hydrogen-bond acceptors (Lipinski definition) is 3. The Morgan fingerprint density at radius 2 is 2.00 bits per heavy atom. The number of benzene rings is 2. The fraction of sp³-hybridized carbons (Fsp3) is 0.125. The van der Waals surface area contributed by atoms with Crippen LogP contribution >= 0.6 is 27.5 Å². The van der Waals surface area contributed by atoms with Gasteiger partial charge in [0.05, 0.1) is 0 Å². The molecule has 0 saturated heterocycles. The Hall–Kier alpha value is -1.33. The van der Waals surface area contributed by atoms with Gasteiger partial charge in [0.1, 0.15) is 17.4 Å². The minimum absolute atomic E-state index is 0.246. The van der Waals surface area contributed by atoms with Crippen LogP contribution in [-0.4, -0.2) is 0 Å². The van der Waals surface area contributed by atoms with E-state index in [1.165, 1.54) is 5.56 Å². The van der Waals surface area contributed by atoms with Crippen molar-refractivity contribution in [3.05, 3.63) is 68.8 Å². The van der Waals surface area contributed by atoms with E-state index >= 15 is 0 Å². The number of aryl methyl sites for hydroxylation is 1. The van der Waals surface area contributed by atoms with E-state index in [9.17, 15) is 0 Å². The highest BCUT2D eigenvalue weighted by molar-refractivity contribution is 9.10. The van der Waals surface area contributed by atoms with Crippen LogP contribution in [0.1, 0.15) is 22.9 Å². The lowest BCUT2D eigenvalue weighted by Gasteiger charge is -2.15. The Morgan fingerprint density at radius 1 is 1.19 bits per heavy atom. The van der Waals surface area contributed by atoms with Gasteiger partial charge in [-0.25, -0.2) is 5.43 Å². The van der Waals surface area contributed by atoms with Crippen LogP contribution in [0.5, 0.6) is 0 Å². The van der Waals surface area contributed by atoms with Crippen molar-refractivity contribution in [1.29, 1.82) is 0 Å². The zero-order chi connectivity index (χ0) is 15.0. The van der Waals surface area contributed by atoms with E-state index in [4.69, 9.17) is 21.9 Å². The Kier molecular flexibility index (Phi) is 4.04. The molecule has 1 atom stereocenters. The van der Waals surface area contributed by atoms with Crippen LogP contribution in [0, 0.1) is 6.92 Å². The molecule has 0 fully saturated rings. The Labute approximate surface area is 136 Å².